The van der Waals surface area contributed by atoms with Crippen molar-refractivity contribution in [3.05, 3.63) is 65.9 Å². The van der Waals surface area contributed by atoms with E-state index in [2.05, 4.69) is 15.4 Å². The summed E-state index contributed by atoms with van der Waals surface area (Å²) in [4.78, 5) is 23.7. The normalized spacial score (nSPS) is 11.1. The molecule has 0 aliphatic rings. The van der Waals surface area contributed by atoms with Crippen LogP contribution in [-0.4, -0.2) is 18.4 Å². The quantitative estimate of drug-likeness (QED) is 0.788. The van der Waals surface area contributed by atoms with Crippen LogP contribution in [0.25, 0.3) is 6.08 Å². The zero-order valence-corrected chi connectivity index (χ0v) is 13.3. The summed E-state index contributed by atoms with van der Waals surface area (Å²) in [6.07, 6.45) is 1.53. The van der Waals surface area contributed by atoms with Crippen molar-refractivity contribution in [2.24, 2.45) is 0 Å². The Kier molecular flexibility index (Phi) is 6.22. The van der Waals surface area contributed by atoms with E-state index in [4.69, 9.17) is 0 Å². The third-order valence-corrected chi connectivity index (χ3v) is 3.00. The summed E-state index contributed by atoms with van der Waals surface area (Å²) >= 11 is 0. The largest absolute Gasteiger partial charge is 0.435 e. The molecule has 7 heteroatoms. The summed E-state index contributed by atoms with van der Waals surface area (Å²) in [5.41, 5.74) is 1.17. The lowest BCUT2D eigenvalue weighted by Crippen LogP contribution is -2.28. The molecule has 2 aromatic carbocycles. The standard InChI is InChI=1S/C18H16F2N2O3/c1-12(23)21-16(11-13-5-3-2-4-6-13)17(24)22-14-7-9-15(10-8-14)25-18(19)20/h2-11,18H,1H3,(H,21,23)(H,22,24)/b16-11-. The predicted molar refractivity (Wildman–Crippen MR) is 89.9 cm³/mol. The molecule has 0 spiro atoms. The molecule has 2 amide bonds. The molecule has 2 N–H and O–H groups in total. The molecule has 0 saturated heterocycles. The average Bonchev–Trinajstić information content (AvgIpc) is 2.56. The third kappa shape index (κ3) is 6.06. The van der Waals surface area contributed by atoms with E-state index in [1.807, 2.05) is 6.07 Å². The van der Waals surface area contributed by atoms with Crippen LogP contribution in [0.1, 0.15) is 12.5 Å². The fourth-order valence-corrected chi connectivity index (χ4v) is 1.98. The van der Waals surface area contributed by atoms with Crippen molar-refractivity contribution in [3.63, 3.8) is 0 Å². The first-order valence-corrected chi connectivity index (χ1v) is 7.34. The molecule has 0 saturated carbocycles. The third-order valence-electron chi connectivity index (χ3n) is 3.00. The molecule has 2 aromatic rings. The molecule has 0 bridgehead atoms. The second kappa shape index (κ2) is 8.58. The van der Waals surface area contributed by atoms with Gasteiger partial charge in [-0.25, -0.2) is 0 Å². The highest BCUT2D eigenvalue weighted by atomic mass is 19.3. The molecule has 130 valence electrons. The van der Waals surface area contributed by atoms with Crippen LogP contribution in [0.3, 0.4) is 0 Å². The lowest BCUT2D eigenvalue weighted by molar-refractivity contribution is -0.120. The van der Waals surface area contributed by atoms with E-state index in [0.29, 0.717) is 5.69 Å². The highest BCUT2D eigenvalue weighted by Gasteiger charge is 2.12. The summed E-state index contributed by atoms with van der Waals surface area (Å²) < 4.78 is 28.5. The van der Waals surface area contributed by atoms with E-state index in [0.717, 1.165) is 5.56 Å². The van der Waals surface area contributed by atoms with Crippen molar-refractivity contribution < 1.29 is 23.1 Å². The van der Waals surface area contributed by atoms with Gasteiger partial charge in [0.25, 0.3) is 5.91 Å². The van der Waals surface area contributed by atoms with Gasteiger partial charge in [0, 0.05) is 12.6 Å². The monoisotopic (exact) mass is 346 g/mol. The van der Waals surface area contributed by atoms with Crippen molar-refractivity contribution >= 4 is 23.6 Å². The Morgan fingerprint density at radius 2 is 1.68 bits per heavy atom. The Morgan fingerprint density at radius 1 is 1.04 bits per heavy atom. The molecule has 0 aliphatic carbocycles. The topological polar surface area (TPSA) is 67.4 Å². The van der Waals surface area contributed by atoms with Gasteiger partial charge < -0.3 is 15.4 Å². The number of amides is 2. The lowest BCUT2D eigenvalue weighted by Gasteiger charge is -2.10. The van der Waals surface area contributed by atoms with Gasteiger partial charge in [-0.3, -0.25) is 9.59 Å². The Bertz CT molecular complexity index is 760. The van der Waals surface area contributed by atoms with Crippen LogP contribution in [0, 0.1) is 0 Å². The van der Waals surface area contributed by atoms with Crippen molar-refractivity contribution in [1.82, 2.24) is 5.32 Å². The number of hydrogen-bond acceptors (Lipinski definition) is 3. The lowest BCUT2D eigenvalue weighted by atomic mass is 10.2. The second-order valence-corrected chi connectivity index (χ2v) is 5.01. The number of rotatable bonds is 6. The minimum absolute atomic E-state index is 0.0186. The van der Waals surface area contributed by atoms with Gasteiger partial charge in [0.1, 0.15) is 11.4 Å². The van der Waals surface area contributed by atoms with E-state index < -0.39 is 18.4 Å². The van der Waals surface area contributed by atoms with E-state index in [1.54, 1.807) is 24.3 Å². The van der Waals surface area contributed by atoms with Gasteiger partial charge in [0.2, 0.25) is 5.91 Å². The average molecular weight is 346 g/mol. The molecule has 2 rings (SSSR count). The number of alkyl halides is 2. The summed E-state index contributed by atoms with van der Waals surface area (Å²) in [5, 5.41) is 5.06. The number of anilines is 1. The maximum atomic E-state index is 12.4. The highest BCUT2D eigenvalue weighted by molar-refractivity contribution is 6.08. The molecular formula is C18H16F2N2O3. The number of hydrogen-bond donors (Lipinski definition) is 2. The molecule has 0 unspecified atom stereocenters. The number of halogens is 2. The van der Waals surface area contributed by atoms with Crippen LogP contribution in [0.5, 0.6) is 5.75 Å². The van der Waals surface area contributed by atoms with Gasteiger partial charge in [-0.15, -0.1) is 0 Å². The van der Waals surface area contributed by atoms with E-state index in [1.165, 1.54) is 37.3 Å². The zero-order valence-electron chi connectivity index (χ0n) is 13.3. The predicted octanol–water partition coefficient (Wildman–Crippen LogP) is 3.40. The van der Waals surface area contributed by atoms with Crippen LogP contribution in [0.2, 0.25) is 0 Å². The SMILES string of the molecule is CC(=O)N/C(=C\c1ccccc1)C(=O)Nc1ccc(OC(F)F)cc1. The maximum Gasteiger partial charge on any atom is 0.387 e. The van der Waals surface area contributed by atoms with Gasteiger partial charge in [-0.05, 0) is 35.9 Å². The molecule has 0 radical (unpaired) electrons. The minimum Gasteiger partial charge on any atom is -0.435 e. The zero-order chi connectivity index (χ0) is 18.2. The molecule has 0 fully saturated rings. The number of nitrogens with one attached hydrogen (secondary N) is 2. The Hall–Kier alpha value is -3.22. The van der Waals surface area contributed by atoms with Crippen LogP contribution in [0.15, 0.2) is 60.3 Å². The molecule has 25 heavy (non-hydrogen) atoms. The van der Waals surface area contributed by atoms with Gasteiger partial charge in [0.05, 0.1) is 0 Å². The summed E-state index contributed by atoms with van der Waals surface area (Å²) in [5.74, 6) is -0.950. The smallest absolute Gasteiger partial charge is 0.387 e. The number of benzene rings is 2. The Morgan fingerprint density at radius 3 is 2.24 bits per heavy atom. The minimum atomic E-state index is -2.92. The molecule has 0 aromatic heterocycles. The van der Waals surface area contributed by atoms with E-state index in [-0.39, 0.29) is 11.4 Å². The van der Waals surface area contributed by atoms with Gasteiger partial charge in [-0.2, -0.15) is 8.78 Å². The van der Waals surface area contributed by atoms with Gasteiger partial charge in [-0.1, -0.05) is 30.3 Å². The van der Waals surface area contributed by atoms with Crippen LogP contribution < -0.4 is 15.4 Å². The van der Waals surface area contributed by atoms with E-state index in [9.17, 15) is 18.4 Å². The Balaban J connectivity index is 2.14. The van der Waals surface area contributed by atoms with Crippen molar-refractivity contribution in [2.75, 3.05) is 5.32 Å². The summed E-state index contributed by atoms with van der Waals surface area (Å²) in [6.45, 7) is -1.62. The van der Waals surface area contributed by atoms with E-state index >= 15 is 0 Å². The van der Waals surface area contributed by atoms with Crippen LogP contribution in [-0.2, 0) is 9.59 Å². The maximum absolute atomic E-state index is 12.4. The molecule has 0 atom stereocenters. The molecule has 5 nitrogen and oxygen atoms in total. The first kappa shape index (κ1) is 18.1. The number of carbonyl (C=O) groups is 2. The van der Waals surface area contributed by atoms with Crippen LogP contribution in [0.4, 0.5) is 14.5 Å². The van der Waals surface area contributed by atoms with Crippen molar-refractivity contribution in [3.8, 4) is 5.75 Å². The summed E-state index contributed by atoms with van der Waals surface area (Å²) in [6, 6.07) is 14.5. The number of ether oxygens (including phenoxy) is 1. The summed E-state index contributed by atoms with van der Waals surface area (Å²) in [7, 11) is 0. The molecule has 0 aliphatic heterocycles. The Labute approximate surface area is 143 Å². The first-order chi connectivity index (χ1) is 11.9. The highest BCUT2D eigenvalue weighted by Crippen LogP contribution is 2.18. The number of carbonyl (C=O) groups excluding carboxylic acids is 2. The van der Waals surface area contributed by atoms with Gasteiger partial charge in [0.15, 0.2) is 0 Å². The molecule has 0 heterocycles. The van der Waals surface area contributed by atoms with Gasteiger partial charge >= 0.3 is 6.61 Å². The molecular weight excluding hydrogens is 330 g/mol. The fourth-order valence-electron chi connectivity index (χ4n) is 1.98. The second-order valence-electron chi connectivity index (χ2n) is 5.01. The fraction of sp³-hybridized carbons (Fsp3) is 0.111. The van der Waals surface area contributed by atoms with Crippen LogP contribution >= 0.6 is 0 Å². The van der Waals surface area contributed by atoms with Crippen molar-refractivity contribution in [1.29, 1.82) is 0 Å². The van der Waals surface area contributed by atoms with Crippen molar-refractivity contribution in [2.45, 2.75) is 13.5 Å². The first-order valence-electron chi connectivity index (χ1n) is 7.34.